The van der Waals surface area contributed by atoms with Crippen molar-refractivity contribution >= 4 is 0 Å². The Kier molecular flexibility index (Phi) is 7.42. The lowest BCUT2D eigenvalue weighted by Gasteiger charge is -2.11. The Morgan fingerprint density at radius 3 is 2.72 bits per heavy atom. The van der Waals surface area contributed by atoms with Crippen molar-refractivity contribution in [1.29, 1.82) is 0 Å². The van der Waals surface area contributed by atoms with Crippen molar-refractivity contribution in [3.8, 4) is 5.88 Å². The van der Waals surface area contributed by atoms with Crippen LogP contribution in [0.3, 0.4) is 0 Å². The SMILES string of the molecule is CCCNCc1ccc(OCC(C)CCC)nc1. The van der Waals surface area contributed by atoms with Crippen molar-refractivity contribution < 1.29 is 4.74 Å². The first-order valence-electron chi connectivity index (χ1n) is 7.04. The van der Waals surface area contributed by atoms with Crippen LogP contribution in [0.2, 0.25) is 0 Å². The number of nitrogens with one attached hydrogen (secondary N) is 1. The van der Waals surface area contributed by atoms with Gasteiger partial charge < -0.3 is 10.1 Å². The smallest absolute Gasteiger partial charge is 0.213 e. The van der Waals surface area contributed by atoms with E-state index in [1.165, 1.54) is 18.4 Å². The van der Waals surface area contributed by atoms with Crippen LogP contribution in [0.4, 0.5) is 0 Å². The van der Waals surface area contributed by atoms with Crippen LogP contribution in [0.1, 0.15) is 45.6 Å². The maximum atomic E-state index is 5.67. The average molecular weight is 250 g/mol. The van der Waals surface area contributed by atoms with Gasteiger partial charge in [0.1, 0.15) is 0 Å². The number of nitrogens with zero attached hydrogens (tertiary/aromatic N) is 1. The number of hydrogen-bond donors (Lipinski definition) is 1. The van der Waals surface area contributed by atoms with Crippen molar-refractivity contribution in [2.75, 3.05) is 13.2 Å². The Morgan fingerprint density at radius 1 is 1.28 bits per heavy atom. The van der Waals surface area contributed by atoms with Crippen LogP contribution in [0.15, 0.2) is 18.3 Å². The van der Waals surface area contributed by atoms with Crippen molar-refractivity contribution in [3.63, 3.8) is 0 Å². The van der Waals surface area contributed by atoms with Crippen LogP contribution >= 0.6 is 0 Å². The topological polar surface area (TPSA) is 34.1 Å². The van der Waals surface area contributed by atoms with E-state index in [4.69, 9.17) is 4.74 Å². The summed E-state index contributed by atoms with van der Waals surface area (Å²) in [4.78, 5) is 4.33. The molecule has 1 atom stereocenters. The van der Waals surface area contributed by atoms with E-state index < -0.39 is 0 Å². The van der Waals surface area contributed by atoms with Gasteiger partial charge in [0.05, 0.1) is 6.61 Å². The van der Waals surface area contributed by atoms with Gasteiger partial charge in [0.15, 0.2) is 0 Å². The van der Waals surface area contributed by atoms with Gasteiger partial charge in [-0.2, -0.15) is 0 Å². The molecule has 3 nitrogen and oxygen atoms in total. The van der Waals surface area contributed by atoms with Gasteiger partial charge in [0.25, 0.3) is 0 Å². The predicted molar refractivity (Wildman–Crippen MR) is 75.8 cm³/mol. The van der Waals surface area contributed by atoms with Crippen LogP contribution in [0.5, 0.6) is 5.88 Å². The van der Waals surface area contributed by atoms with Gasteiger partial charge in [-0.15, -0.1) is 0 Å². The number of aromatic nitrogens is 1. The van der Waals surface area contributed by atoms with Crippen molar-refractivity contribution in [2.45, 2.75) is 46.6 Å². The molecule has 0 aromatic carbocycles. The molecular formula is C15H26N2O. The zero-order valence-corrected chi connectivity index (χ0v) is 11.9. The minimum absolute atomic E-state index is 0.600. The van der Waals surface area contributed by atoms with E-state index in [2.05, 4.69) is 37.1 Å². The molecule has 3 heteroatoms. The van der Waals surface area contributed by atoms with Gasteiger partial charge in [-0.3, -0.25) is 0 Å². The van der Waals surface area contributed by atoms with Crippen LogP contribution in [-0.4, -0.2) is 18.1 Å². The molecule has 0 saturated carbocycles. The van der Waals surface area contributed by atoms with Crippen LogP contribution in [0, 0.1) is 5.92 Å². The van der Waals surface area contributed by atoms with E-state index in [0.29, 0.717) is 5.92 Å². The van der Waals surface area contributed by atoms with Crippen LogP contribution < -0.4 is 10.1 Å². The summed E-state index contributed by atoms with van der Waals surface area (Å²) < 4.78 is 5.67. The van der Waals surface area contributed by atoms with Crippen molar-refractivity contribution in [3.05, 3.63) is 23.9 Å². The molecule has 0 fully saturated rings. The fourth-order valence-electron chi connectivity index (χ4n) is 1.81. The third-order valence-electron chi connectivity index (χ3n) is 2.85. The zero-order chi connectivity index (χ0) is 13.2. The summed E-state index contributed by atoms with van der Waals surface area (Å²) in [5.74, 6) is 1.33. The zero-order valence-electron chi connectivity index (χ0n) is 11.9. The molecule has 0 radical (unpaired) electrons. The van der Waals surface area contributed by atoms with E-state index in [9.17, 15) is 0 Å². The summed E-state index contributed by atoms with van der Waals surface area (Å²) >= 11 is 0. The number of pyridine rings is 1. The van der Waals surface area contributed by atoms with Gasteiger partial charge in [-0.25, -0.2) is 4.98 Å². The predicted octanol–water partition coefficient (Wildman–Crippen LogP) is 3.40. The van der Waals surface area contributed by atoms with E-state index in [-0.39, 0.29) is 0 Å². The molecule has 1 unspecified atom stereocenters. The van der Waals surface area contributed by atoms with E-state index >= 15 is 0 Å². The lowest BCUT2D eigenvalue weighted by atomic mass is 10.1. The molecule has 0 aliphatic rings. The molecule has 0 bridgehead atoms. The maximum absolute atomic E-state index is 5.67. The Balaban J connectivity index is 2.31. The lowest BCUT2D eigenvalue weighted by Crippen LogP contribution is -2.14. The van der Waals surface area contributed by atoms with E-state index in [0.717, 1.165) is 32.0 Å². The quantitative estimate of drug-likeness (QED) is 0.682. The van der Waals surface area contributed by atoms with Crippen molar-refractivity contribution in [2.24, 2.45) is 5.92 Å². The molecule has 0 spiro atoms. The minimum Gasteiger partial charge on any atom is -0.477 e. The van der Waals surface area contributed by atoms with Gasteiger partial charge >= 0.3 is 0 Å². The molecule has 0 amide bonds. The first-order chi connectivity index (χ1) is 8.76. The first kappa shape index (κ1) is 15.0. The third-order valence-corrected chi connectivity index (χ3v) is 2.85. The van der Waals surface area contributed by atoms with Crippen LogP contribution in [-0.2, 0) is 6.54 Å². The Hall–Kier alpha value is -1.09. The number of ether oxygens (including phenoxy) is 1. The molecule has 0 aliphatic heterocycles. The highest BCUT2D eigenvalue weighted by atomic mass is 16.5. The summed E-state index contributed by atoms with van der Waals surface area (Å²) in [5.41, 5.74) is 1.21. The Bertz CT molecular complexity index is 311. The standard InChI is InChI=1S/C15H26N2O/c1-4-6-13(3)12-18-15-8-7-14(11-17-15)10-16-9-5-2/h7-8,11,13,16H,4-6,9-10,12H2,1-3H3. The molecule has 1 N–H and O–H groups in total. The first-order valence-corrected chi connectivity index (χ1v) is 7.04. The Morgan fingerprint density at radius 2 is 2.11 bits per heavy atom. The van der Waals surface area contributed by atoms with Gasteiger partial charge in [0, 0.05) is 18.8 Å². The minimum atomic E-state index is 0.600. The molecule has 18 heavy (non-hydrogen) atoms. The van der Waals surface area contributed by atoms with Gasteiger partial charge in [-0.05, 0) is 30.9 Å². The average Bonchev–Trinajstić information content (AvgIpc) is 2.38. The lowest BCUT2D eigenvalue weighted by molar-refractivity contribution is 0.243. The van der Waals surface area contributed by atoms with Gasteiger partial charge in [0.2, 0.25) is 5.88 Å². The normalized spacial score (nSPS) is 12.4. The highest BCUT2D eigenvalue weighted by Gasteiger charge is 2.02. The number of rotatable bonds is 9. The summed E-state index contributed by atoms with van der Waals surface area (Å²) in [6, 6.07) is 4.04. The fourth-order valence-corrected chi connectivity index (χ4v) is 1.81. The van der Waals surface area contributed by atoms with Crippen molar-refractivity contribution in [1.82, 2.24) is 10.3 Å². The number of hydrogen-bond acceptors (Lipinski definition) is 3. The van der Waals surface area contributed by atoms with E-state index in [1.807, 2.05) is 12.3 Å². The molecular weight excluding hydrogens is 224 g/mol. The van der Waals surface area contributed by atoms with Gasteiger partial charge in [-0.1, -0.05) is 33.3 Å². The molecule has 0 saturated heterocycles. The molecule has 102 valence electrons. The molecule has 1 heterocycles. The largest absolute Gasteiger partial charge is 0.477 e. The summed E-state index contributed by atoms with van der Waals surface area (Å²) in [5, 5.41) is 3.36. The second kappa shape index (κ2) is 8.92. The second-order valence-electron chi connectivity index (χ2n) is 4.89. The van der Waals surface area contributed by atoms with E-state index in [1.54, 1.807) is 0 Å². The highest BCUT2D eigenvalue weighted by molar-refractivity contribution is 5.17. The third kappa shape index (κ3) is 6.01. The highest BCUT2D eigenvalue weighted by Crippen LogP contribution is 2.11. The molecule has 1 aromatic heterocycles. The van der Waals surface area contributed by atoms with Crippen LogP contribution in [0.25, 0.3) is 0 Å². The second-order valence-corrected chi connectivity index (χ2v) is 4.89. The molecule has 1 aromatic rings. The summed E-state index contributed by atoms with van der Waals surface area (Å²) in [6.07, 6.45) is 5.46. The maximum Gasteiger partial charge on any atom is 0.213 e. The molecule has 0 aliphatic carbocycles. The monoisotopic (exact) mass is 250 g/mol. The summed E-state index contributed by atoms with van der Waals surface area (Å²) in [7, 11) is 0. The summed E-state index contributed by atoms with van der Waals surface area (Å²) in [6.45, 7) is 9.27. The fraction of sp³-hybridized carbons (Fsp3) is 0.667. The molecule has 1 rings (SSSR count). The Labute approximate surface area is 111 Å².